The molecular formula is C14H28N3O2PS. The van der Waals surface area contributed by atoms with Crippen molar-refractivity contribution in [3.8, 4) is 6.07 Å². The quantitative estimate of drug-likeness (QED) is 0.454. The van der Waals surface area contributed by atoms with E-state index in [1.165, 1.54) is 16.1 Å². The van der Waals surface area contributed by atoms with Gasteiger partial charge in [0.2, 0.25) is 5.91 Å². The summed E-state index contributed by atoms with van der Waals surface area (Å²) in [5.41, 5.74) is 0. The summed E-state index contributed by atoms with van der Waals surface area (Å²) >= 11 is 1.35. The number of rotatable bonds is 11. The summed E-state index contributed by atoms with van der Waals surface area (Å²) in [7, 11) is 3.26. The van der Waals surface area contributed by atoms with Gasteiger partial charge in [-0.3, -0.25) is 14.0 Å². The Balaban J connectivity index is 4.27. The Morgan fingerprint density at radius 2 is 2.00 bits per heavy atom. The highest BCUT2D eigenvalue weighted by atomic mass is 32.7. The van der Waals surface area contributed by atoms with Crippen LogP contribution in [0.5, 0.6) is 0 Å². The topological polar surface area (TPSA) is 73.2 Å². The zero-order chi connectivity index (χ0) is 16.3. The van der Waals surface area contributed by atoms with Gasteiger partial charge in [0.25, 0.3) is 6.65 Å². The molecule has 2 atom stereocenters. The summed E-state index contributed by atoms with van der Waals surface area (Å²) < 4.78 is 14.2. The van der Waals surface area contributed by atoms with Crippen LogP contribution >= 0.6 is 18.0 Å². The molecule has 21 heavy (non-hydrogen) atoms. The van der Waals surface area contributed by atoms with Gasteiger partial charge in [-0.15, -0.1) is 0 Å². The van der Waals surface area contributed by atoms with Crippen LogP contribution in [0.15, 0.2) is 0 Å². The largest absolute Gasteiger partial charge is 0.294 e. The number of unbranched alkanes of at least 4 members (excludes halogenated alkanes) is 4. The van der Waals surface area contributed by atoms with Gasteiger partial charge in [-0.25, -0.2) is 5.09 Å². The lowest BCUT2D eigenvalue weighted by molar-refractivity contribution is -0.125. The summed E-state index contributed by atoms with van der Waals surface area (Å²) in [6.07, 6.45) is 5.48. The third-order valence-corrected chi connectivity index (χ3v) is 9.14. The van der Waals surface area contributed by atoms with Gasteiger partial charge in [0.15, 0.2) is 0 Å². The van der Waals surface area contributed by atoms with E-state index in [9.17, 15) is 9.36 Å². The standard InChI is InChI=1S/C14H28N3O2PS/c1-5-13(2)21-20(19,16-3)17(4)14(18)11-9-7-6-8-10-12-15/h13H,5-11H2,1-4H3,(H,16,19). The monoisotopic (exact) mass is 333 g/mol. The highest BCUT2D eigenvalue weighted by Crippen LogP contribution is 2.59. The number of amides is 1. The normalized spacial score (nSPS) is 15.0. The van der Waals surface area contributed by atoms with Crippen molar-refractivity contribution in [1.29, 1.82) is 5.26 Å². The van der Waals surface area contributed by atoms with E-state index in [2.05, 4.69) is 11.2 Å². The third kappa shape index (κ3) is 7.90. The van der Waals surface area contributed by atoms with Gasteiger partial charge in [0.05, 0.1) is 6.07 Å². The number of nitrogens with one attached hydrogen (secondary N) is 1. The molecule has 2 unspecified atom stereocenters. The molecule has 1 N–H and O–H groups in total. The molecule has 0 radical (unpaired) electrons. The molecule has 1 amide bonds. The molecular weight excluding hydrogens is 305 g/mol. The van der Waals surface area contributed by atoms with Crippen molar-refractivity contribution in [3.63, 3.8) is 0 Å². The van der Waals surface area contributed by atoms with Crippen molar-refractivity contribution in [3.05, 3.63) is 0 Å². The molecule has 7 heteroatoms. The summed E-state index contributed by atoms with van der Waals surface area (Å²) in [6.45, 7) is 1.18. The zero-order valence-electron chi connectivity index (χ0n) is 13.6. The second-order valence-corrected chi connectivity index (χ2v) is 10.3. The Hall–Kier alpha value is -0.500. The van der Waals surface area contributed by atoms with Crippen molar-refractivity contribution in [2.24, 2.45) is 0 Å². The van der Waals surface area contributed by atoms with E-state index < -0.39 is 6.65 Å². The molecule has 122 valence electrons. The van der Waals surface area contributed by atoms with Crippen molar-refractivity contribution < 1.29 is 9.36 Å². The number of hydrogen-bond donors (Lipinski definition) is 1. The summed E-state index contributed by atoms with van der Waals surface area (Å²) in [6, 6.07) is 2.11. The van der Waals surface area contributed by atoms with Crippen LogP contribution in [-0.4, -0.2) is 29.9 Å². The van der Waals surface area contributed by atoms with Gasteiger partial charge < -0.3 is 0 Å². The number of nitriles is 1. The minimum absolute atomic E-state index is 0.0798. The predicted octanol–water partition coefficient (Wildman–Crippen LogP) is 4.17. The molecule has 0 saturated carbocycles. The van der Waals surface area contributed by atoms with Gasteiger partial charge in [-0.1, -0.05) is 38.1 Å². The minimum Gasteiger partial charge on any atom is -0.276 e. The van der Waals surface area contributed by atoms with Gasteiger partial charge in [-0.2, -0.15) is 5.26 Å². The Labute approximate surface area is 133 Å². The van der Waals surface area contributed by atoms with Crippen molar-refractivity contribution >= 4 is 23.9 Å². The molecule has 0 spiro atoms. The molecule has 0 aromatic heterocycles. The molecule has 5 nitrogen and oxygen atoms in total. The number of nitrogens with zero attached hydrogens (tertiary/aromatic N) is 2. The highest BCUT2D eigenvalue weighted by Gasteiger charge is 2.31. The fourth-order valence-corrected chi connectivity index (χ4v) is 6.24. The predicted molar refractivity (Wildman–Crippen MR) is 90.1 cm³/mol. The van der Waals surface area contributed by atoms with E-state index in [0.717, 1.165) is 32.1 Å². The van der Waals surface area contributed by atoms with E-state index >= 15 is 0 Å². The smallest absolute Gasteiger partial charge is 0.276 e. The first-order chi connectivity index (χ1) is 9.91. The van der Waals surface area contributed by atoms with Crippen molar-refractivity contribution in [1.82, 2.24) is 9.76 Å². The van der Waals surface area contributed by atoms with Crippen LogP contribution < -0.4 is 5.09 Å². The molecule has 0 rings (SSSR count). The van der Waals surface area contributed by atoms with Gasteiger partial charge in [-0.05, 0) is 26.3 Å². The molecule has 0 aliphatic heterocycles. The molecule has 0 aromatic rings. The summed E-state index contributed by atoms with van der Waals surface area (Å²) in [5.74, 6) is -0.0798. The van der Waals surface area contributed by atoms with Gasteiger partial charge >= 0.3 is 0 Å². The molecule has 0 aromatic carbocycles. The van der Waals surface area contributed by atoms with Crippen LogP contribution in [0.1, 0.15) is 58.8 Å². The van der Waals surface area contributed by atoms with Crippen LogP contribution in [0.3, 0.4) is 0 Å². The van der Waals surface area contributed by atoms with Crippen LogP contribution in [0.4, 0.5) is 0 Å². The maximum atomic E-state index is 12.8. The number of carbonyl (C=O) groups excluding carboxylic acids is 1. The molecule has 0 aliphatic carbocycles. The maximum absolute atomic E-state index is 12.8. The minimum atomic E-state index is -2.88. The van der Waals surface area contributed by atoms with Crippen LogP contribution in [0, 0.1) is 11.3 Å². The highest BCUT2D eigenvalue weighted by molar-refractivity contribution is 8.57. The average molecular weight is 333 g/mol. The van der Waals surface area contributed by atoms with E-state index in [4.69, 9.17) is 5.26 Å². The third-order valence-electron chi connectivity index (χ3n) is 3.37. The lowest BCUT2D eigenvalue weighted by Crippen LogP contribution is -2.28. The number of carbonyl (C=O) groups is 1. The van der Waals surface area contributed by atoms with Crippen LogP contribution in [0.2, 0.25) is 0 Å². The average Bonchev–Trinajstić information content (AvgIpc) is 2.49. The Kier molecular flexibility index (Phi) is 10.9. The first-order valence-corrected chi connectivity index (χ1v) is 10.7. The molecule has 0 heterocycles. The molecule has 0 fully saturated rings. The maximum Gasteiger partial charge on any atom is 0.294 e. The number of hydrogen-bond acceptors (Lipinski definition) is 4. The van der Waals surface area contributed by atoms with Crippen LogP contribution in [-0.2, 0) is 9.36 Å². The van der Waals surface area contributed by atoms with Gasteiger partial charge in [0, 0.05) is 25.1 Å². The second kappa shape index (κ2) is 11.1. The van der Waals surface area contributed by atoms with E-state index in [1.54, 1.807) is 14.1 Å². The van der Waals surface area contributed by atoms with Crippen molar-refractivity contribution in [2.45, 2.75) is 64.0 Å². The summed E-state index contributed by atoms with van der Waals surface area (Å²) in [4.78, 5) is 12.2. The lowest BCUT2D eigenvalue weighted by atomic mass is 10.1. The fourth-order valence-electron chi connectivity index (χ4n) is 1.73. The molecule has 0 saturated heterocycles. The molecule has 0 aliphatic rings. The first kappa shape index (κ1) is 20.5. The summed E-state index contributed by atoms with van der Waals surface area (Å²) in [5, 5.41) is 11.5. The van der Waals surface area contributed by atoms with E-state index in [0.29, 0.717) is 12.8 Å². The van der Waals surface area contributed by atoms with E-state index in [1.807, 2.05) is 13.8 Å². The Morgan fingerprint density at radius 1 is 1.38 bits per heavy atom. The zero-order valence-corrected chi connectivity index (χ0v) is 15.3. The van der Waals surface area contributed by atoms with Crippen molar-refractivity contribution in [2.75, 3.05) is 14.1 Å². The SMILES string of the molecule is CCC(C)SP(=O)(NC)N(C)C(=O)CCCCCCC#N. The van der Waals surface area contributed by atoms with Gasteiger partial charge in [0.1, 0.15) is 0 Å². The fraction of sp³-hybridized carbons (Fsp3) is 0.857. The van der Waals surface area contributed by atoms with Crippen LogP contribution in [0.25, 0.3) is 0 Å². The molecule has 0 bridgehead atoms. The Bertz CT molecular complexity index is 398. The Morgan fingerprint density at radius 3 is 2.52 bits per heavy atom. The first-order valence-electron chi connectivity index (χ1n) is 7.52. The lowest BCUT2D eigenvalue weighted by Gasteiger charge is -2.28. The second-order valence-electron chi connectivity index (χ2n) is 5.06. The van der Waals surface area contributed by atoms with E-state index in [-0.39, 0.29) is 11.2 Å².